The highest BCUT2D eigenvalue weighted by Gasteiger charge is 2.17. The third-order valence-electron chi connectivity index (χ3n) is 2.78. The zero-order chi connectivity index (χ0) is 14.5. The predicted octanol–water partition coefficient (Wildman–Crippen LogP) is 1.79. The third kappa shape index (κ3) is 3.01. The lowest BCUT2D eigenvalue weighted by atomic mass is 10.2. The molecule has 2 rings (SSSR count). The minimum absolute atomic E-state index is 0.120. The lowest BCUT2D eigenvalue weighted by Gasteiger charge is -2.09. The van der Waals surface area contributed by atoms with Crippen molar-refractivity contribution < 1.29 is 4.79 Å². The molecule has 6 nitrogen and oxygen atoms in total. The number of anilines is 1. The van der Waals surface area contributed by atoms with Crippen LogP contribution in [0.1, 0.15) is 25.1 Å². The Bertz CT molecular complexity index is 639. The van der Waals surface area contributed by atoms with Gasteiger partial charge in [0, 0.05) is 5.92 Å². The number of hydrogen-bond acceptors (Lipinski definition) is 4. The summed E-state index contributed by atoms with van der Waals surface area (Å²) in [5, 5.41) is 19.4. The molecule has 0 atom stereocenters. The zero-order valence-electron chi connectivity index (χ0n) is 11.4. The summed E-state index contributed by atoms with van der Waals surface area (Å²) in [5.74, 6) is -0.00483. The van der Waals surface area contributed by atoms with Gasteiger partial charge in [-0.1, -0.05) is 49.4 Å². The standard InChI is InChI=1S/C14H15N5O/c1-10(2)14(20)16-13-12(8-15)17-18-19(13)9-11-6-4-3-5-7-11/h3-7,10H,9H2,1-2H3,(H,16,20). The maximum atomic E-state index is 11.8. The molecule has 102 valence electrons. The van der Waals surface area contributed by atoms with E-state index in [1.807, 2.05) is 36.4 Å². The van der Waals surface area contributed by atoms with Crippen molar-refractivity contribution in [2.45, 2.75) is 20.4 Å². The molecule has 0 aliphatic carbocycles. The number of carbonyl (C=O) groups is 1. The topological polar surface area (TPSA) is 83.6 Å². The Balaban J connectivity index is 2.28. The third-order valence-corrected chi connectivity index (χ3v) is 2.78. The Kier molecular flexibility index (Phi) is 4.11. The minimum Gasteiger partial charge on any atom is -0.308 e. The molecule has 0 aliphatic heterocycles. The molecular formula is C14H15N5O. The van der Waals surface area contributed by atoms with E-state index in [1.165, 1.54) is 4.68 Å². The Labute approximate surface area is 117 Å². The van der Waals surface area contributed by atoms with Gasteiger partial charge in [-0.15, -0.1) is 5.10 Å². The van der Waals surface area contributed by atoms with Crippen molar-refractivity contribution in [1.82, 2.24) is 15.0 Å². The highest BCUT2D eigenvalue weighted by atomic mass is 16.2. The maximum absolute atomic E-state index is 11.8. The van der Waals surface area contributed by atoms with E-state index in [-0.39, 0.29) is 17.5 Å². The SMILES string of the molecule is CC(C)C(=O)Nc1c(C#N)nnn1Cc1ccccc1. The van der Waals surface area contributed by atoms with Crippen molar-refractivity contribution in [3.63, 3.8) is 0 Å². The monoisotopic (exact) mass is 269 g/mol. The summed E-state index contributed by atoms with van der Waals surface area (Å²) in [4.78, 5) is 11.8. The normalized spacial score (nSPS) is 10.3. The molecule has 1 aromatic heterocycles. The number of amides is 1. The van der Waals surface area contributed by atoms with Crippen molar-refractivity contribution in [1.29, 1.82) is 5.26 Å². The van der Waals surface area contributed by atoms with Crippen LogP contribution in [0.4, 0.5) is 5.82 Å². The number of nitrogens with one attached hydrogen (secondary N) is 1. The van der Waals surface area contributed by atoms with E-state index in [0.29, 0.717) is 12.4 Å². The largest absolute Gasteiger partial charge is 0.308 e. The van der Waals surface area contributed by atoms with Crippen molar-refractivity contribution in [2.75, 3.05) is 5.32 Å². The Hall–Kier alpha value is -2.68. The molecule has 0 radical (unpaired) electrons. The van der Waals surface area contributed by atoms with Crippen LogP contribution in [0.25, 0.3) is 0 Å². The van der Waals surface area contributed by atoms with Crippen LogP contribution >= 0.6 is 0 Å². The fraction of sp³-hybridized carbons (Fsp3) is 0.286. The summed E-state index contributed by atoms with van der Waals surface area (Å²) in [6, 6.07) is 11.6. The molecule has 20 heavy (non-hydrogen) atoms. The number of nitriles is 1. The zero-order valence-corrected chi connectivity index (χ0v) is 11.4. The fourth-order valence-corrected chi connectivity index (χ4v) is 1.64. The molecule has 1 amide bonds. The van der Waals surface area contributed by atoms with Crippen LogP contribution in [0.3, 0.4) is 0 Å². The van der Waals surface area contributed by atoms with E-state index < -0.39 is 0 Å². The summed E-state index contributed by atoms with van der Waals surface area (Å²) in [6.45, 7) is 4.02. The molecule has 1 heterocycles. The second-order valence-corrected chi connectivity index (χ2v) is 4.69. The molecule has 0 fully saturated rings. The number of aromatic nitrogens is 3. The van der Waals surface area contributed by atoms with Gasteiger partial charge in [0.25, 0.3) is 0 Å². The van der Waals surface area contributed by atoms with Crippen LogP contribution in [-0.2, 0) is 11.3 Å². The molecule has 0 saturated carbocycles. The van der Waals surface area contributed by atoms with Crippen molar-refractivity contribution >= 4 is 11.7 Å². The van der Waals surface area contributed by atoms with Gasteiger partial charge in [0.15, 0.2) is 5.82 Å². The van der Waals surface area contributed by atoms with E-state index >= 15 is 0 Å². The molecule has 1 aromatic carbocycles. The molecule has 6 heteroatoms. The summed E-state index contributed by atoms with van der Waals surface area (Å²) >= 11 is 0. The van der Waals surface area contributed by atoms with Crippen LogP contribution in [0.5, 0.6) is 0 Å². The molecule has 0 bridgehead atoms. The molecule has 1 N–H and O–H groups in total. The van der Waals surface area contributed by atoms with Crippen molar-refractivity contribution in [3.05, 3.63) is 41.6 Å². The van der Waals surface area contributed by atoms with Gasteiger partial charge in [-0.05, 0) is 5.56 Å². The van der Waals surface area contributed by atoms with Gasteiger partial charge < -0.3 is 5.32 Å². The molecule has 0 spiro atoms. The van der Waals surface area contributed by atoms with Gasteiger partial charge in [-0.25, -0.2) is 4.68 Å². The Morgan fingerprint density at radius 2 is 2.10 bits per heavy atom. The number of nitrogens with zero attached hydrogens (tertiary/aromatic N) is 4. The molecular weight excluding hydrogens is 254 g/mol. The molecule has 2 aromatic rings. The summed E-state index contributed by atoms with van der Waals surface area (Å²) < 4.78 is 1.52. The van der Waals surface area contributed by atoms with Gasteiger partial charge in [0.2, 0.25) is 11.6 Å². The van der Waals surface area contributed by atoms with Crippen LogP contribution < -0.4 is 5.32 Å². The average molecular weight is 269 g/mol. The summed E-state index contributed by atoms with van der Waals surface area (Å²) in [7, 11) is 0. The van der Waals surface area contributed by atoms with Crippen LogP contribution in [0.15, 0.2) is 30.3 Å². The first-order chi connectivity index (χ1) is 9.61. The number of rotatable bonds is 4. The molecule has 0 unspecified atom stereocenters. The van der Waals surface area contributed by atoms with Gasteiger partial charge in [0.05, 0.1) is 6.54 Å². The number of carbonyl (C=O) groups excluding carboxylic acids is 1. The second kappa shape index (κ2) is 5.97. The first kappa shape index (κ1) is 13.7. The minimum atomic E-state index is -0.179. The smallest absolute Gasteiger partial charge is 0.228 e. The fourth-order valence-electron chi connectivity index (χ4n) is 1.64. The average Bonchev–Trinajstić information content (AvgIpc) is 2.82. The van der Waals surface area contributed by atoms with Gasteiger partial charge in [-0.2, -0.15) is 5.26 Å². The van der Waals surface area contributed by atoms with E-state index in [2.05, 4.69) is 15.6 Å². The molecule has 0 aliphatic rings. The van der Waals surface area contributed by atoms with Gasteiger partial charge in [-0.3, -0.25) is 4.79 Å². The highest BCUT2D eigenvalue weighted by Crippen LogP contribution is 2.15. The van der Waals surface area contributed by atoms with Gasteiger partial charge in [0.1, 0.15) is 6.07 Å². The first-order valence-electron chi connectivity index (χ1n) is 6.30. The Morgan fingerprint density at radius 1 is 1.40 bits per heavy atom. The van der Waals surface area contributed by atoms with E-state index in [9.17, 15) is 4.79 Å². The van der Waals surface area contributed by atoms with E-state index in [4.69, 9.17) is 5.26 Å². The van der Waals surface area contributed by atoms with E-state index in [0.717, 1.165) is 5.56 Å². The summed E-state index contributed by atoms with van der Waals surface area (Å²) in [6.07, 6.45) is 0. The second-order valence-electron chi connectivity index (χ2n) is 4.69. The van der Waals surface area contributed by atoms with Crippen molar-refractivity contribution in [2.24, 2.45) is 5.92 Å². The first-order valence-corrected chi connectivity index (χ1v) is 6.30. The lowest BCUT2D eigenvalue weighted by molar-refractivity contribution is -0.118. The van der Waals surface area contributed by atoms with Gasteiger partial charge >= 0.3 is 0 Å². The predicted molar refractivity (Wildman–Crippen MR) is 73.7 cm³/mol. The molecule has 0 saturated heterocycles. The number of benzene rings is 1. The maximum Gasteiger partial charge on any atom is 0.228 e. The van der Waals surface area contributed by atoms with Crippen LogP contribution in [0.2, 0.25) is 0 Å². The van der Waals surface area contributed by atoms with Crippen molar-refractivity contribution in [3.8, 4) is 6.07 Å². The van der Waals surface area contributed by atoms with E-state index in [1.54, 1.807) is 13.8 Å². The van der Waals surface area contributed by atoms with Crippen LogP contribution in [0, 0.1) is 17.2 Å². The lowest BCUT2D eigenvalue weighted by Crippen LogP contribution is -2.21. The van der Waals surface area contributed by atoms with Crippen LogP contribution in [-0.4, -0.2) is 20.9 Å². The summed E-state index contributed by atoms with van der Waals surface area (Å²) in [5.41, 5.74) is 1.14. The quantitative estimate of drug-likeness (QED) is 0.917. The number of hydrogen-bond donors (Lipinski definition) is 1. The Morgan fingerprint density at radius 3 is 2.70 bits per heavy atom. The highest BCUT2D eigenvalue weighted by molar-refractivity contribution is 5.92.